The summed E-state index contributed by atoms with van der Waals surface area (Å²) >= 11 is 0. The molecule has 1 aromatic carbocycles. The highest BCUT2D eigenvalue weighted by molar-refractivity contribution is 6.39. The largest absolute Gasteiger partial charge is 0.344 e. The smallest absolute Gasteiger partial charge is 0.267 e. The summed E-state index contributed by atoms with van der Waals surface area (Å²) in [5.41, 5.74) is 2.24. The van der Waals surface area contributed by atoms with Crippen LogP contribution in [0.2, 0.25) is 0 Å². The third-order valence-electron chi connectivity index (χ3n) is 3.89. The predicted molar refractivity (Wildman–Crippen MR) is 87.4 cm³/mol. The predicted octanol–water partition coefficient (Wildman–Crippen LogP) is 1.05. The van der Waals surface area contributed by atoms with Gasteiger partial charge in [-0.05, 0) is 24.6 Å². The van der Waals surface area contributed by atoms with Gasteiger partial charge >= 0.3 is 0 Å². The molecule has 1 aliphatic heterocycles. The Morgan fingerprint density at radius 3 is 2.62 bits per heavy atom. The zero-order chi connectivity index (χ0) is 17.1. The summed E-state index contributed by atoms with van der Waals surface area (Å²) in [6, 6.07) is 7.52. The first-order chi connectivity index (χ1) is 11.5. The van der Waals surface area contributed by atoms with Crippen LogP contribution in [-0.4, -0.2) is 44.3 Å². The lowest BCUT2D eigenvalue weighted by atomic mass is 10.1. The summed E-state index contributed by atoms with van der Waals surface area (Å²) in [6.45, 7) is 1.90. The number of hydrogen-bond donors (Lipinski definition) is 1. The summed E-state index contributed by atoms with van der Waals surface area (Å²) in [7, 11) is 1.56. The molecule has 0 radical (unpaired) electrons. The monoisotopic (exact) mass is 326 g/mol. The third kappa shape index (κ3) is 3.32. The van der Waals surface area contributed by atoms with E-state index in [0.717, 1.165) is 11.3 Å². The fourth-order valence-electron chi connectivity index (χ4n) is 2.45. The number of rotatable bonds is 4. The van der Waals surface area contributed by atoms with Gasteiger partial charge in [-0.25, -0.2) is 14.7 Å². The molecular weight excluding hydrogens is 308 g/mol. The Hall–Kier alpha value is -3.03. The maximum atomic E-state index is 12.3. The lowest BCUT2D eigenvalue weighted by molar-refractivity contribution is -0.130. The molecule has 3 rings (SSSR count). The Morgan fingerprint density at radius 1 is 1.25 bits per heavy atom. The number of carbonyl (C=O) groups excluding carboxylic acids is 2. The van der Waals surface area contributed by atoms with E-state index in [-0.39, 0.29) is 17.9 Å². The van der Waals surface area contributed by atoms with Gasteiger partial charge < -0.3 is 5.32 Å². The Bertz CT molecular complexity index is 766. The summed E-state index contributed by atoms with van der Waals surface area (Å²) in [6.07, 6.45) is 3.78. The molecule has 8 heteroatoms. The van der Waals surface area contributed by atoms with Gasteiger partial charge in [0.2, 0.25) is 5.91 Å². The number of aromatic nitrogens is 3. The van der Waals surface area contributed by atoms with Crippen LogP contribution in [0, 0.1) is 0 Å². The van der Waals surface area contributed by atoms with Crippen molar-refractivity contribution in [2.45, 2.75) is 25.8 Å². The van der Waals surface area contributed by atoms with E-state index in [9.17, 15) is 9.59 Å². The van der Waals surface area contributed by atoms with Gasteiger partial charge in [0.25, 0.3) is 5.91 Å². The zero-order valence-corrected chi connectivity index (χ0v) is 13.5. The van der Waals surface area contributed by atoms with Crippen LogP contribution in [0.4, 0.5) is 0 Å². The highest BCUT2D eigenvalue weighted by Gasteiger charge is 2.23. The van der Waals surface area contributed by atoms with Gasteiger partial charge in [-0.3, -0.25) is 9.59 Å². The molecule has 1 unspecified atom stereocenters. The van der Waals surface area contributed by atoms with Crippen molar-refractivity contribution in [2.24, 2.45) is 5.10 Å². The number of amides is 2. The van der Waals surface area contributed by atoms with Gasteiger partial charge in [-0.15, -0.1) is 0 Å². The van der Waals surface area contributed by atoms with Crippen molar-refractivity contribution >= 4 is 17.5 Å². The van der Waals surface area contributed by atoms with E-state index in [1.807, 2.05) is 31.2 Å². The molecule has 0 saturated heterocycles. The van der Waals surface area contributed by atoms with Crippen molar-refractivity contribution < 1.29 is 9.59 Å². The first kappa shape index (κ1) is 15.9. The van der Waals surface area contributed by atoms with Gasteiger partial charge in [0.05, 0.1) is 11.7 Å². The zero-order valence-electron chi connectivity index (χ0n) is 13.5. The number of nitrogens with one attached hydrogen (secondary N) is 1. The normalized spacial score (nSPS) is 15.8. The van der Waals surface area contributed by atoms with Crippen molar-refractivity contribution in [3.05, 3.63) is 42.5 Å². The second-order valence-corrected chi connectivity index (χ2v) is 5.59. The second kappa shape index (κ2) is 6.61. The lowest BCUT2D eigenvalue weighted by Gasteiger charge is -2.21. The fourth-order valence-corrected chi connectivity index (χ4v) is 2.45. The molecule has 0 aliphatic carbocycles. The minimum absolute atomic E-state index is 0.0803. The molecule has 1 aliphatic rings. The molecule has 1 aromatic heterocycles. The Labute approximate surface area is 139 Å². The lowest BCUT2D eigenvalue weighted by Crippen LogP contribution is -2.38. The molecule has 1 N–H and O–H groups in total. The molecule has 2 heterocycles. The van der Waals surface area contributed by atoms with Crippen LogP contribution in [-0.2, 0) is 9.59 Å². The molecule has 124 valence electrons. The first-order valence-corrected chi connectivity index (χ1v) is 7.64. The maximum absolute atomic E-state index is 12.3. The van der Waals surface area contributed by atoms with E-state index >= 15 is 0 Å². The Morgan fingerprint density at radius 2 is 2.00 bits per heavy atom. The summed E-state index contributed by atoms with van der Waals surface area (Å²) in [5.74, 6) is -0.328. The van der Waals surface area contributed by atoms with Crippen molar-refractivity contribution in [3.63, 3.8) is 0 Å². The van der Waals surface area contributed by atoms with Crippen molar-refractivity contribution in [1.82, 2.24) is 25.1 Å². The van der Waals surface area contributed by atoms with E-state index in [1.165, 1.54) is 11.3 Å². The van der Waals surface area contributed by atoms with Gasteiger partial charge in [-0.2, -0.15) is 10.2 Å². The second-order valence-electron chi connectivity index (χ2n) is 5.59. The van der Waals surface area contributed by atoms with E-state index in [1.54, 1.807) is 18.1 Å². The van der Waals surface area contributed by atoms with Crippen LogP contribution in [0.5, 0.6) is 0 Å². The van der Waals surface area contributed by atoms with Crippen LogP contribution in [0.3, 0.4) is 0 Å². The third-order valence-corrected chi connectivity index (χ3v) is 3.89. The van der Waals surface area contributed by atoms with Crippen LogP contribution < -0.4 is 5.32 Å². The summed E-state index contributed by atoms with van der Waals surface area (Å²) < 4.78 is 1.66. The van der Waals surface area contributed by atoms with Crippen molar-refractivity contribution in [1.29, 1.82) is 0 Å². The summed E-state index contributed by atoms with van der Waals surface area (Å²) in [4.78, 5) is 27.6. The fraction of sp³-hybridized carbons (Fsp3) is 0.312. The van der Waals surface area contributed by atoms with Gasteiger partial charge in [0.15, 0.2) is 0 Å². The van der Waals surface area contributed by atoms with Crippen molar-refractivity contribution in [3.8, 4) is 5.69 Å². The SMILES string of the molecule is CC(NC(=O)C1=NN(C)C(=O)CC1)c1ccc(-n2cncn2)cc1. The Kier molecular flexibility index (Phi) is 4.37. The van der Waals surface area contributed by atoms with E-state index in [0.29, 0.717) is 18.6 Å². The van der Waals surface area contributed by atoms with Crippen LogP contribution >= 0.6 is 0 Å². The number of hydrazone groups is 1. The number of benzene rings is 1. The number of carbonyl (C=O) groups is 2. The summed E-state index contributed by atoms with van der Waals surface area (Å²) in [5, 5.41) is 12.2. The average Bonchev–Trinajstić information content (AvgIpc) is 3.12. The molecular formula is C16H18N6O2. The van der Waals surface area contributed by atoms with E-state index in [4.69, 9.17) is 0 Å². The molecule has 1 atom stereocenters. The minimum Gasteiger partial charge on any atom is -0.344 e. The van der Waals surface area contributed by atoms with Gasteiger partial charge in [-0.1, -0.05) is 12.1 Å². The molecule has 2 amide bonds. The maximum Gasteiger partial charge on any atom is 0.267 e. The van der Waals surface area contributed by atoms with E-state index < -0.39 is 0 Å². The highest BCUT2D eigenvalue weighted by Crippen LogP contribution is 2.16. The van der Waals surface area contributed by atoms with Gasteiger partial charge in [0.1, 0.15) is 18.4 Å². The standard InChI is InChI=1S/C16H18N6O2/c1-11(19-16(24)14-7-8-15(23)21(2)20-14)12-3-5-13(6-4-12)22-10-17-9-18-22/h3-6,9-11H,7-8H2,1-2H3,(H,19,24). The van der Waals surface area contributed by atoms with Crippen LogP contribution in [0.25, 0.3) is 5.69 Å². The number of nitrogens with zero attached hydrogens (tertiary/aromatic N) is 5. The van der Waals surface area contributed by atoms with Gasteiger partial charge in [0, 0.05) is 19.9 Å². The molecule has 0 spiro atoms. The molecule has 24 heavy (non-hydrogen) atoms. The molecule has 8 nitrogen and oxygen atoms in total. The molecule has 0 bridgehead atoms. The topological polar surface area (TPSA) is 92.5 Å². The molecule has 0 saturated carbocycles. The Balaban J connectivity index is 1.66. The first-order valence-electron chi connectivity index (χ1n) is 7.64. The molecule has 2 aromatic rings. The highest BCUT2D eigenvalue weighted by atomic mass is 16.2. The van der Waals surface area contributed by atoms with Crippen LogP contribution in [0.1, 0.15) is 31.4 Å². The van der Waals surface area contributed by atoms with E-state index in [2.05, 4.69) is 20.5 Å². The average molecular weight is 326 g/mol. The molecule has 0 fully saturated rings. The van der Waals surface area contributed by atoms with Crippen LogP contribution in [0.15, 0.2) is 42.0 Å². The quantitative estimate of drug-likeness (QED) is 0.909. The van der Waals surface area contributed by atoms with Crippen molar-refractivity contribution in [2.75, 3.05) is 7.05 Å². The minimum atomic E-state index is -0.248. The number of hydrogen-bond acceptors (Lipinski definition) is 5.